The van der Waals surface area contributed by atoms with Gasteiger partial charge in [-0.1, -0.05) is 0 Å². The van der Waals surface area contributed by atoms with E-state index < -0.39 is 12.0 Å². The van der Waals surface area contributed by atoms with Crippen LogP contribution in [0.25, 0.3) is 10.6 Å². The van der Waals surface area contributed by atoms with E-state index in [0.29, 0.717) is 30.3 Å². The molecule has 9 heteroatoms. The van der Waals surface area contributed by atoms with E-state index in [1.54, 1.807) is 4.90 Å². The molecule has 1 atom stereocenters. The number of fused-ring (bicyclic) bond motifs is 1. The maximum Gasteiger partial charge on any atom is 0.305 e. The van der Waals surface area contributed by atoms with Crippen molar-refractivity contribution in [2.45, 2.75) is 18.9 Å². The lowest BCUT2D eigenvalue weighted by atomic mass is 10.1. The molecule has 2 aliphatic heterocycles. The van der Waals surface area contributed by atoms with Crippen molar-refractivity contribution in [3.05, 3.63) is 29.3 Å². The second-order valence-electron chi connectivity index (χ2n) is 6.30. The van der Waals surface area contributed by atoms with Gasteiger partial charge in [-0.25, -0.2) is 4.98 Å². The Morgan fingerprint density at radius 1 is 1.30 bits per heavy atom. The quantitative estimate of drug-likeness (QED) is 0.831. The van der Waals surface area contributed by atoms with Crippen molar-refractivity contribution >= 4 is 23.2 Å². The van der Waals surface area contributed by atoms with Crippen molar-refractivity contribution < 1.29 is 28.9 Å². The molecule has 142 valence electrons. The number of thiazole rings is 1. The van der Waals surface area contributed by atoms with Gasteiger partial charge in [0.25, 0.3) is 0 Å². The Morgan fingerprint density at radius 3 is 3.00 bits per heavy atom. The van der Waals surface area contributed by atoms with Gasteiger partial charge in [0.15, 0.2) is 11.5 Å². The van der Waals surface area contributed by atoms with Crippen molar-refractivity contribution in [3.8, 4) is 22.1 Å². The van der Waals surface area contributed by atoms with Crippen molar-refractivity contribution in [3.63, 3.8) is 0 Å². The molecule has 2 aliphatic rings. The molecule has 8 nitrogen and oxygen atoms in total. The molecule has 1 N–H and O–H groups in total. The highest BCUT2D eigenvalue weighted by Gasteiger charge is 2.29. The molecule has 1 aromatic carbocycles. The number of nitrogens with zero attached hydrogens (tertiary/aromatic N) is 2. The van der Waals surface area contributed by atoms with Gasteiger partial charge in [-0.2, -0.15) is 0 Å². The molecule has 1 fully saturated rings. The van der Waals surface area contributed by atoms with E-state index in [9.17, 15) is 9.59 Å². The van der Waals surface area contributed by atoms with Crippen molar-refractivity contribution in [2.24, 2.45) is 0 Å². The second kappa shape index (κ2) is 7.53. The number of carboxylic acids is 1. The molecule has 0 spiro atoms. The first kappa shape index (κ1) is 17.7. The normalized spacial score (nSPS) is 18.5. The fourth-order valence-electron chi connectivity index (χ4n) is 3.16. The Labute approximate surface area is 159 Å². The number of aromatic nitrogens is 1. The summed E-state index contributed by atoms with van der Waals surface area (Å²) in [7, 11) is 0. The van der Waals surface area contributed by atoms with Gasteiger partial charge in [-0.15, -0.1) is 11.3 Å². The van der Waals surface area contributed by atoms with E-state index in [2.05, 4.69) is 4.98 Å². The summed E-state index contributed by atoms with van der Waals surface area (Å²) in [5.41, 5.74) is 1.57. The third-order valence-corrected chi connectivity index (χ3v) is 5.40. The summed E-state index contributed by atoms with van der Waals surface area (Å²) in [4.78, 5) is 29.8. The smallest absolute Gasteiger partial charge is 0.305 e. The summed E-state index contributed by atoms with van der Waals surface area (Å²) < 4.78 is 16.0. The van der Waals surface area contributed by atoms with Gasteiger partial charge in [0.1, 0.15) is 5.01 Å². The topological polar surface area (TPSA) is 98.2 Å². The first-order chi connectivity index (χ1) is 13.1. The molecule has 1 amide bonds. The zero-order chi connectivity index (χ0) is 18.8. The average molecular weight is 390 g/mol. The number of morpholine rings is 1. The lowest BCUT2D eigenvalue weighted by molar-refractivity contribution is -0.145. The summed E-state index contributed by atoms with van der Waals surface area (Å²) >= 11 is 1.45. The third-order valence-electron chi connectivity index (χ3n) is 4.46. The van der Waals surface area contributed by atoms with Crippen LogP contribution in [0, 0.1) is 0 Å². The Kier molecular flexibility index (Phi) is 4.95. The summed E-state index contributed by atoms with van der Waals surface area (Å²) in [5.74, 6) is 0.321. The number of aliphatic carboxylic acids is 1. The Balaban J connectivity index is 1.45. The monoisotopic (exact) mass is 390 g/mol. The predicted octanol–water partition coefficient (Wildman–Crippen LogP) is 1.78. The van der Waals surface area contributed by atoms with Gasteiger partial charge < -0.3 is 24.2 Å². The van der Waals surface area contributed by atoms with Gasteiger partial charge in [0.05, 0.1) is 37.8 Å². The Morgan fingerprint density at radius 2 is 2.15 bits per heavy atom. The van der Waals surface area contributed by atoms with E-state index in [1.807, 2.05) is 23.6 Å². The molecule has 4 rings (SSSR count). The molecule has 27 heavy (non-hydrogen) atoms. The molecule has 0 aliphatic carbocycles. The minimum absolute atomic E-state index is 0.120. The standard InChI is InChI=1S/C18H18N2O6S/c21-16(20-3-4-24-8-13(20)7-17(22)23)6-12-9-27-18(19-12)11-1-2-14-15(5-11)26-10-25-14/h1-2,5,9,13H,3-4,6-8,10H2,(H,22,23). The number of carbonyl (C=O) groups is 2. The zero-order valence-corrected chi connectivity index (χ0v) is 15.2. The van der Waals surface area contributed by atoms with E-state index in [1.165, 1.54) is 11.3 Å². The molecule has 0 bridgehead atoms. The summed E-state index contributed by atoms with van der Waals surface area (Å²) in [6.45, 7) is 1.28. The molecule has 0 saturated carbocycles. The van der Waals surface area contributed by atoms with Crippen LogP contribution in [0.3, 0.4) is 0 Å². The van der Waals surface area contributed by atoms with Gasteiger partial charge in [0.2, 0.25) is 12.7 Å². The molecule has 1 aromatic heterocycles. The van der Waals surface area contributed by atoms with Crippen molar-refractivity contribution in [1.29, 1.82) is 0 Å². The van der Waals surface area contributed by atoms with Gasteiger partial charge in [0, 0.05) is 17.5 Å². The fraction of sp³-hybridized carbons (Fsp3) is 0.389. The van der Waals surface area contributed by atoms with Crippen LogP contribution in [0.1, 0.15) is 12.1 Å². The van der Waals surface area contributed by atoms with Crippen molar-refractivity contribution in [2.75, 3.05) is 26.6 Å². The third kappa shape index (κ3) is 3.88. The predicted molar refractivity (Wildman–Crippen MR) is 95.9 cm³/mol. The number of ether oxygens (including phenoxy) is 3. The number of hydrogen-bond acceptors (Lipinski definition) is 7. The van der Waals surface area contributed by atoms with E-state index >= 15 is 0 Å². The zero-order valence-electron chi connectivity index (χ0n) is 14.4. The van der Waals surface area contributed by atoms with E-state index in [4.69, 9.17) is 19.3 Å². The Bertz CT molecular complexity index is 867. The van der Waals surface area contributed by atoms with Crippen LogP contribution in [0.15, 0.2) is 23.6 Å². The van der Waals surface area contributed by atoms with Crippen LogP contribution in [-0.4, -0.2) is 59.5 Å². The summed E-state index contributed by atoms with van der Waals surface area (Å²) in [6.07, 6.45) is 0.0163. The SMILES string of the molecule is O=C(O)CC1COCCN1C(=O)Cc1csc(-c2ccc3c(c2)OCO3)n1. The van der Waals surface area contributed by atoms with Gasteiger partial charge >= 0.3 is 5.97 Å². The largest absolute Gasteiger partial charge is 0.481 e. The molecule has 2 aromatic rings. The Hall–Kier alpha value is -2.65. The highest BCUT2D eigenvalue weighted by molar-refractivity contribution is 7.13. The lowest BCUT2D eigenvalue weighted by Crippen LogP contribution is -2.50. The molecule has 1 unspecified atom stereocenters. The average Bonchev–Trinajstić information content (AvgIpc) is 3.30. The van der Waals surface area contributed by atoms with Crippen LogP contribution in [0.4, 0.5) is 0 Å². The number of amides is 1. The molecule has 1 saturated heterocycles. The maximum absolute atomic E-state index is 12.7. The number of carbonyl (C=O) groups excluding carboxylic acids is 1. The van der Waals surface area contributed by atoms with Gasteiger partial charge in [-0.05, 0) is 18.2 Å². The highest BCUT2D eigenvalue weighted by Crippen LogP contribution is 2.36. The van der Waals surface area contributed by atoms with Crippen LogP contribution >= 0.6 is 11.3 Å². The number of benzene rings is 1. The van der Waals surface area contributed by atoms with E-state index in [-0.39, 0.29) is 32.1 Å². The molecular formula is C18H18N2O6S. The summed E-state index contributed by atoms with van der Waals surface area (Å²) in [6, 6.07) is 5.19. The fourth-order valence-corrected chi connectivity index (χ4v) is 3.98. The number of hydrogen-bond donors (Lipinski definition) is 1. The van der Waals surface area contributed by atoms with Crippen molar-refractivity contribution in [1.82, 2.24) is 9.88 Å². The molecule has 0 radical (unpaired) electrons. The minimum Gasteiger partial charge on any atom is -0.481 e. The van der Waals surface area contributed by atoms with Gasteiger partial charge in [-0.3, -0.25) is 9.59 Å². The molecule has 3 heterocycles. The first-order valence-electron chi connectivity index (χ1n) is 8.53. The maximum atomic E-state index is 12.7. The second-order valence-corrected chi connectivity index (χ2v) is 7.16. The molecular weight excluding hydrogens is 372 g/mol. The van der Waals surface area contributed by atoms with Crippen LogP contribution in [0.5, 0.6) is 11.5 Å². The number of rotatable bonds is 5. The first-order valence-corrected chi connectivity index (χ1v) is 9.41. The highest BCUT2D eigenvalue weighted by atomic mass is 32.1. The number of carboxylic acid groups (broad SMARTS) is 1. The van der Waals surface area contributed by atoms with Crippen LogP contribution in [0.2, 0.25) is 0 Å². The summed E-state index contributed by atoms with van der Waals surface area (Å²) in [5, 5.41) is 11.7. The van der Waals surface area contributed by atoms with E-state index in [0.717, 1.165) is 10.6 Å². The van der Waals surface area contributed by atoms with Crippen LogP contribution < -0.4 is 9.47 Å². The van der Waals surface area contributed by atoms with Crippen LogP contribution in [-0.2, 0) is 20.7 Å². The lowest BCUT2D eigenvalue weighted by Gasteiger charge is -2.34. The minimum atomic E-state index is -0.943.